The molecule has 5 rings (SSSR count). The van der Waals surface area contributed by atoms with E-state index in [1.165, 1.54) is 0 Å². The van der Waals surface area contributed by atoms with Gasteiger partial charge in [0.1, 0.15) is 5.52 Å². The summed E-state index contributed by atoms with van der Waals surface area (Å²) in [5, 5.41) is 4.56. The highest BCUT2D eigenvalue weighted by Crippen LogP contribution is 2.26. The number of fused-ring (bicyclic) bond motifs is 2. The third-order valence-electron chi connectivity index (χ3n) is 5.57. The fraction of sp³-hybridized carbons (Fsp3) is 0.0769. The average molecular weight is 455 g/mol. The van der Waals surface area contributed by atoms with Crippen molar-refractivity contribution in [1.82, 2.24) is 19.9 Å². The second-order valence-electron chi connectivity index (χ2n) is 7.67. The van der Waals surface area contributed by atoms with Gasteiger partial charge in [-0.1, -0.05) is 48.0 Å². The van der Waals surface area contributed by atoms with Crippen LogP contribution in [0.5, 0.6) is 0 Å². The summed E-state index contributed by atoms with van der Waals surface area (Å²) in [4.78, 5) is 35.3. The molecular weight excluding hydrogens is 436 g/mol. The van der Waals surface area contributed by atoms with Crippen LogP contribution in [0.2, 0.25) is 5.02 Å². The van der Waals surface area contributed by atoms with E-state index in [0.29, 0.717) is 43.8 Å². The summed E-state index contributed by atoms with van der Waals surface area (Å²) in [7, 11) is 0. The van der Waals surface area contributed by atoms with E-state index in [1.807, 2.05) is 55.5 Å². The highest BCUT2D eigenvalue weighted by molar-refractivity contribution is 6.35. The first-order valence-electron chi connectivity index (χ1n) is 10.4. The summed E-state index contributed by atoms with van der Waals surface area (Å²) < 4.78 is 1.60. The first kappa shape index (κ1) is 20.8. The van der Waals surface area contributed by atoms with E-state index < -0.39 is 6.04 Å². The molecule has 1 amide bonds. The Hall–Kier alpha value is -4.03. The SMILES string of the molecule is CC(NC(=O)c1cccc2nccnc12)c1cc2cccc(Cl)c2c(=O)n1-c1ccccc1. The average Bonchev–Trinajstić information content (AvgIpc) is 2.84. The fourth-order valence-corrected chi connectivity index (χ4v) is 4.29. The number of para-hydroxylation sites is 2. The topological polar surface area (TPSA) is 76.9 Å². The Balaban J connectivity index is 1.63. The third-order valence-corrected chi connectivity index (χ3v) is 5.89. The van der Waals surface area contributed by atoms with E-state index in [2.05, 4.69) is 15.3 Å². The number of carbonyl (C=O) groups is 1. The molecule has 33 heavy (non-hydrogen) atoms. The van der Waals surface area contributed by atoms with Crippen molar-refractivity contribution in [3.63, 3.8) is 0 Å². The molecule has 1 N–H and O–H groups in total. The normalized spacial score (nSPS) is 12.1. The number of carbonyl (C=O) groups excluding carboxylic acids is 1. The van der Waals surface area contributed by atoms with Crippen molar-refractivity contribution in [1.29, 1.82) is 0 Å². The van der Waals surface area contributed by atoms with Crippen LogP contribution >= 0.6 is 11.6 Å². The number of nitrogens with zero attached hydrogens (tertiary/aromatic N) is 3. The van der Waals surface area contributed by atoms with Crippen LogP contribution in [0.3, 0.4) is 0 Å². The molecule has 2 heterocycles. The van der Waals surface area contributed by atoms with E-state index in [-0.39, 0.29) is 11.5 Å². The van der Waals surface area contributed by atoms with Crippen LogP contribution in [0.4, 0.5) is 0 Å². The fourth-order valence-electron chi connectivity index (χ4n) is 4.03. The van der Waals surface area contributed by atoms with Crippen molar-refractivity contribution in [3.8, 4) is 5.69 Å². The first-order chi connectivity index (χ1) is 16.0. The maximum absolute atomic E-state index is 13.6. The lowest BCUT2D eigenvalue weighted by atomic mass is 10.1. The monoisotopic (exact) mass is 454 g/mol. The molecule has 3 aromatic carbocycles. The Morgan fingerprint density at radius 2 is 1.73 bits per heavy atom. The predicted octanol–water partition coefficient (Wildman–Crippen LogP) is 5.08. The molecule has 2 aromatic heterocycles. The molecular formula is C26H19ClN4O2. The summed E-state index contributed by atoms with van der Waals surface area (Å²) in [6, 6.07) is 21.4. The zero-order chi connectivity index (χ0) is 22.9. The van der Waals surface area contributed by atoms with Gasteiger partial charge < -0.3 is 5.32 Å². The number of halogens is 1. The van der Waals surface area contributed by atoms with Crippen molar-refractivity contribution >= 4 is 39.3 Å². The molecule has 0 aliphatic rings. The van der Waals surface area contributed by atoms with Crippen molar-refractivity contribution in [2.24, 2.45) is 0 Å². The Morgan fingerprint density at radius 1 is 0.970 bits per heavy atom. The van der Waals surface area contributed by atoms with E-state index >= 15 is 0 Å². The molecule has 5 aromatic rings. The molecule has 1 unspecified atom stereocenters. The minimum Gasteiger partial charge on any atom is -0.344 e. The summed E-state index contributed by atoms with van der Waals surface area (Å²) in [6.45, 7) is 1.85. The van der Waals surface area contributed by atoms with Gasteiger partial charge in [0.25, 0.3) is 11.5 Å². The van der Waals surface area contributed by atoms with Gasteiger partial charge in [-0.2, -0.15) is 0 Å². The van der Waals surface area contributed by atoms with E-state index in [0.717, 1.165) is 0 Å². The number of aromatic nitrogens is 3. The Kier molecular flexibility index (Phi) is 5.36. The molecule has 0 fully saturated rings. The van der Waals surface area contributed by atoms with Crippen LogP contribution in [-0.2, 0) is 0 Å². The number of hydrogen-bond acceptors (Lipinski definition) is 4. The second kappa shape index (κ2) is 8.48. The van der Waals surface area contributed by atoms with E-state index in [9.17, 15) is 9.59 Å². The molecule has 1 atom stereocenters. The van der Waals surface area contributed by atoms with Gasteiger partial charge in [0.05, 0.1) is 27.5 Å². The number of pyridine rings is 1. The molecule has 0 bridgehead atoms. The molecule has 7 heteroatoms. The van der Waals surface area contributed by atoms with Gasteiger partial charge in [-0.3, -0.25) is 24.1 Å². The Labute approximate surface area is 194 Å². The molecule has 0 aliphatic carbocycles. The smallest absolute Gasteiger partial charge is 0.264 e. The van der Waals surface area contributed by atoms with Gasteiger partial charge in [0.2, 0.25) is 0 Å². The number of rotatable bonds is 4. The molecule has 6 nitrogen and oxygen atoms in total. The van der Waals surface area contributed by atoms with Crippen molar-refractivity contribution in [2.45, 2.75) is 13.0 Å². The first-order valence-corrected chi connectivity index (χ1v) is 10.8. The van der Waals surface area contributed by atoms with Crippen LogP contribution < -0.4 is 10.9 Å². The summed E-state index contributed by atoms with van der Waals surface area (Å²) in [6.07, 6.45) is 3.15. The highest BCUT2D eigenvalue weighted by Gasteiger charge is 2.20. The van der Waals surface area contributed by atoms with Gasteiger partial charge in [-0.15, -0.1) is 0 Å². The molecule has 0 aliphatic heterocycles. The van der Waals surface area contributed by atoms with Gasteiger partial charge in [0.15, 0.2) is 0 Å². The maximum atomic E-state index is 13.6. The van der Waals surface area contributed by atoms with Crippen molar-refractivity contribution in [2.75, 3.05) is 0 Å². The van der Waals surface area contributed by atoms with Gasteiger partial charge >= 0.3 is 0 Å². The van der Waals surface area contributed by atoms with Crippen LogP contribution in [0.1, 0.15) is 29.0 Å². The van der Waals surface area contributed by atoms with E-state index in [1.54, 1.807) is 41.2 Å². The van der Waals surface area contributed by atoms with Gasteiger partial charge in [-0.25, -0.2) is 0 Å². The highest BCUT2D eigenvalue weighted by atomic mass is 35.5. The number of hydrogen-bond donors (Lipinski definition) is 1. The Morgan fingerprint density at radius 3 is 2.55 bits per heavy atom. The minimum atomic E-state index is -0.485. The number of benzene rings is 3. The van der Waals surface area contributed by atoms with Crippen LogP contribution in [0, 0.1) is 0 Å². The molecule has 0 radical (unpaired) electrons. The molecule has 162 valence electrons. The summed E-state index contributed by atoms with van der Waals surface area (Å²) in [5.74, 6) is -0.299. The third kappa shape index (κ3) is 3.75. The lowest BCUT2D eigenvalue weighted by Crippen LogP contribution is -2.32. The largest absolute Gasteiger partial charge is 0.344 e. The Bertz CT molecular complexity index is 1560. The summed E-state index contributed by atoms with van der Waals surface area (Å²) >= 11 is 6.38. The van der Waals surface area contributed by atoms with Crippen LogP contribution in [0.15, 0.2) is 90.0 Å². The minimum absolute atomic E-state index is 0.239. The zero-order valence-electron chi connectivity index (χ0n) is 17.7. The zero-order valence-corrected chi connectivity index (χ0v) is 18.5. The number of nitrogens with one attached hydrogen (secondary N) is 1. The standard InChI is InChI=1S/C26H19ClN4O2/c1-16(30-25(32)19-10-6-12-21-24(19)29-14-13-28-21)22-15-17-7-5-11-20(27)23(17)26(33)31(22)18-8-3-2-4-9-18/h2-16H,1H3,(H,30,32). The lowest BCUT2D eigenvalue weighted by molar-refractivity contribution is 0.0940. The quantitative estimate of drug-likeness (QED) is 0.411. The predicted molar refractivity (Wildman–Crippen MR) is 130 cm³/mol. The van der Waals surface area contributed by atoms with Crippen molar-refractivity contribution < 1.29 is 4.79 Å². The molecule has 0 spiro atoms. The van der Waals surface area contributed by atoms with Crippen LogP contribution in [-0.4, -0.2) is 20.4 Å². The van der Waals surface area contributed by atoms with E-state index in [4.69, 9.17) is 11.6 Å². The van der Waals surface area contributed by atoms with Gasteiger partial charge in [0, 0.05) is 23.8 Å². The summed E-state index contributed by atoms with van der Waals surface area (Å²) in [5.41, 5.74) is 2.67. The molecule has 0 saturated heterocycles. The maximum Gasteiger partial charge on any atom is 0.264 e. The van der Waals surface area contributed by atoms with Crippen LogP contribution in [0.25, 0.3) is 27.5 Å². The number of amides is 1. The molecule has 0 saturated carbocycles. The second-order valence-corrected chi connectivity index (χ2v) is 8.08. The van der Waals surface area contributed by atoms with Crippen molar-refractivity contribution in [3.05, 3.63) is 112 Å². The lowest BCUT2D eigenvalue weighted by Gasteiger charge is -2.21. The van der Waals surface area contributed by atoms with Gasteiger partial charge in [-0.05, 0) is 48.7 Å².